The van der Waals surface area contributed by atoms with E-state index in [1.807, 2.05) is 0 Å². The molecule has 0 aromatic rings. The molecule has 19 heteroatoms. The van der Waals surface area contributed by atoms with Crippen molar-refractivity contribution in [1.29, 1.82) is 0 Å². The predicted octanol–water partition coefficient (Wildman–Crippen LogP) is -3.11. The maximum atomic E-state index is 11.7. The Bertz CT molecular complexity index is 1280. The first-order valence-electron chi connectivity index (χ1n) is 16.4. The van der Waals surface area contributed by atoms with Crippen molar-refractivity contribution in [2.75, 3.05) is 59.5 Å². The summed E-state index contributed by atoms with van der Waals surface area (Å²) in [6.07, 6.45) is -24.4. The third-order valence-corrected chi connectivity index (χ3v) is 6.72. The van der Waals surface area contributed by atoms with Gasteiger partial charge in [0, 0.05) is 0 Å². The highest BCUT2D eigenvalue weighted by Gasteiger charge is 2.58. The van der Waals surface area contributed by atoms with Gasteiger partial charge in [-0.1, -0.05) is 0 Å². The zero-order valence-electron chi connectivity index (χ0n) is 30.3. The van der Waals surface area contributed by atoms with Crippen LogP contribution in [0.4, 0.5) is 0 Å². The first-order valence-corrected chi connectivity index (χ1v) is 13.7. The summed E-state index contributed by atoms with van der Waals surface area (Å²) in [5.41, 5.74) is 0. The molecule has 18 nitrogen and oxygen atoms in total. The molecule has 2 rings (SSSR count). The van der Waals surface area contributed by atoms with Crippen molar-refractivity contribution < 1.29 is 95.6 Å². The Kier molecular flexibility index (Phi) is 13.8. The average Bonchev–Trinajstić information content (AvgIpc) is 3.01. The van der Waals surface area contributed by atoms with E-state index < -0.39 is 163 Å². The third-order valence-electron chi connectivity index (χ3n) is 6.09. The molecule has 2 fully saturated rings. The highest BCUT2D eigenvalue weighted by molar-refractivity contribution is 9.10. The zero-order chi connectivity index (χ0) is 39.2. The van der Waals surface area contributed by atoms with Crippen molar-refractivity contribution in [3.05, 3.63) is 0 Å². The van der Waals surface area contributed by atoms with Crippen LogP contribution in [0.1, 0.15) is 9.60 Å². The Morgan fingerprint density at radius 1 is 0.600 bits per heavy atom. The summed E-state index contributed by atoms with van der Waals surface area (Å²) >= 11 is 2.86. The molecule has 0 bridgehead atoms. The van der Waals surface area contributed by atoms with Gasteiger partial charge in [-0.2, -0.15) is 0 Å². The maximum absolute atomic E-state index is 11.7. The molecule has 2 heterocycles. The summed E-state index contributed by atoms with van der Waals surface area (Å²) in [6.45, 7) is -7.86. The molecule has 0 aliphatic carbocycles. The largest absolute Gasteiger partial charge is 0.371 e. The molecule has 0 radical (unpaired) electrons. The topological polar surface area (TPSA) is 232 Å². The molecule has 45 heavy (non-hydrogen) atoms. The van der Waals surface area contributed by atoms with Crippen molar-refractivity contribution in [1.82, 2.24) is 0 Å². The molecular formula is C26H35BrO18. The van der Waals surface area contributed by atoms with Crippen LogP contribution in [0, 0.1) is 0 Å². The van der Waals surface area contributed by atoms with E-state index in [2.05, 4.69) is 15.9 Å². The van der Waals surface area contributed by atoms with Crippen LogP contribution < -0.4 is 0 Å². The predicted molar refractivity (Wildman–Crippen MR) is 145 cm³/mol. The van der Waals surface area contributed by atoms with Crippen LogP contribution in [0.3, 0.4) is 0 Å². The molecule has 0 aromatic heterocycles. The van der Waals surface area contributed by atoms with Crippen LogP contribution in [0.5, 0.6) is 0 Å². The first-order chi connectivity index (χ1) is 24.3. The van der Waals surface area contributed by atoms with Crippen LogP contribution in [0.15, 0.2) is 0 Å². The molecule has 1 unspecified atom stereocenters. The SMILES string of the molecule is [2H]C(=O)COC[C@H]1O[C@@H](O[C@H]2[C@H](OCC([2H])=O)[C@@H](OCC([2H])=O)C(O)(Br)O[C@@H]2COCC([2H])=O)[C@H](OCC([2H])=O)[C@@H](OCC([2H])=O)[C@H]1OCC([2H])=O. The van der Waals surface area contributed by atoms with Crippen molar-refractivity contribution in [2.45, 2.75) is 59.8 Å². The summed E-state index contributed by atoms with van der Waals surface area (Å²) in [6, 6.07) is 0. The minimum Gasteiger partial charge on any atom is -0.371 e. The van der Waals surface area contributed by atoms with E-state index in [9.17, 15) is 38.7 Å². The van der Waals surface area contributed by atoms with E-state index in [1.54, 1.807) is 0 Å². The number of aldehydes is 7. The molecule has 254 valence electrons. The summed E-state index contributed by atoms with van der Waals surface area (Å²) < 4.78 is 104. The normalized spacial score (nSPS) is 35.3. The number of rotatable bonds is 25. The molecule has 0 spiro atoms. The van der Waals surface area contributed by atoms with Gasteiger partial charge < -0.3 is 86.0 Å². The Labute approximate surface area is 275 Å². The van der Waals surface area contributed by atoms with Gasteiger partial charge in [-0.15, -0.1) is 0 Å². The Balaban J connectivity index is 2.73. The van der Waals surface area contributed by atoms with E-state index in [1.165, 1.54) is 0 Å². The van der Waals surface area contributed by atoms with Crippen molar-refractivity contribution in [3.8, 4) is 0 Å². The number of carbonyl (C=O) groups excluding carboxylic acids is 7. The van der Waals surface area contributed by atoms with E-state index >= 15 is 0 Å². The number of carbonyl (C=O) groups is 7. The number of aliphatic hydroxyl groups is 1. The van der Waals surface area contributed by atoms with Crippen LogP contribution in [0.25, 0.3) is 0 Å². The van der Waals surface area contributed by atoms with Gasteiger partial charge in [0.2, 0.25) is 0 Å². The van der Waals surface area contributed by atoms with E-state index in [-0.39, 0.29) is 0 Å². The van der Waals surface area contributed by atoms with Gasteiger partial charge in [-0.3, -0.25) is 0 Å². The third kappa shape index (κ3) is 11.8. The minimum atomic E-state index is -2.63. The Morgan fingerprint density at radius 3 is 1.58 bits per heavy atom. The standard InChI is InChI=1S/C26H35BrO18/c27-26(35)24(42-14-7-34)22(40-12-5-32)20(18(45-26)16-37-9-2-29)44-25-23(41-13-6-33)21(39-11-4-31)19(38-10-3-30)17(43-25)15-36-8-1-28/h1-7,17-25,35H,8-16H2/t17-,18-,19+,20-,21+,22+,23-,24-,25+,26?/m1/s1/i1D,2D,3D,4D,5D,6D,7D. The number of halogens is 1. The highest BCUT2D eigenvalue weighted by Crippen LogP contribution is 2.39. The number of hydrogen-bond donors (Lipinski definition) is 1. The van der Waals surface area contributed by atoms with Crippen LogP contribution in [-0.4, -0.2) is 168 Å². The second-order valence-corrected chi connectivity index (χ2v) is 9.92. The van der Waals surface area contributed by atoms with E-state index in [4.69, 9.17) is 57.0 Å². The summed E-state index contributed by atoms with van der Waals surface area (Å²) in [4.78, 5) is 80.7. The summed E-state index contributed by atoms with van der Waals surface area (Å²) in [5.74, 6) is 0. The molecule has 2 aliphatic heterocycles. The fourth-order valence-corrected chi connectivity index (χ4v) is 5.16. The minimum absolute atomic E-state index is 0.648. The lowest BCUT2D eigenvalue weighted by Gasteiger charge is -2.50. The van der Waals surface area contributed by atoms with Gasteiger partial charge in [-0.05, 0) is 15.9 Å². The smallest absolute Gasteiger partial charge is 0.254 e. The van der Waals surface area contributed by atoms with Crippen LogP contribution in [-0.2, 0) is 80.9 Å². The lowest BCUT2D eigenvalue weighted by atomic mass is 9.96. The first kappa shape index (κ1) is 28.9. The second-order valence-electron chi connectivity index (χ2n) is 8.78. The van der Waals surface area contributed by atoms with E-state index in [0.717, 1.165) is 0 Å². The van der Waals surface area contributed by atoms with Gasteiger partial charge in [-0.25, -0.2) is 0 Å². The molecule has 0 saturated carbocycles. The molecular weight excluding hydrogens is 680 g/mol. The quantitative estimate of drug-likeness (QED) is 0.0726. The number of alkyl halides is 1. The highest BCUT2D eigenvalue weighted by atomic mass is 79.9. The Morgan fingerprint density at radius 2 is 1.04 bits per heavy atom. The van der Waals surface area contributed by atoms with E-state index in [0.29, 0.717) is 0 Å². The van der Waals surface area contributed by atoms with Gasteiger partial charge in [0.15, 0.2) is 12.4 Å². The molecule has 1 N–H and O–H groups in total. The van der Waals surface area contributed by atoms with Gasteiger partial charge in [0.25, 0.3) is 4.70 Å². The molecule has 2 saturated heterocycles. The fraction of sp³-hybridized carbons (Fsp3) is 0.731. The Hall–Kier alpha value is -2.27. The van der Waals surface area contributed by atoms with Crippen molar-refractivity contribution in [2.24, 2.45) is 0 Å². The summed E-state index contributed by atoms with van der Waals surface area (Å²) in [5, 5.41) is 11.1. The fourth-order valence-electron chi connectivity index (χ4n) is 4.53. The average molecular weight is 722 g/mol. The lowest BCUT2D eigenvalue weighted by molar-refractivity contribution is -0.372. The number of hydrogen-bond acceptors (Lipinski definition) is 18. The molecule has 0 amide bonds. The molecule has 10 atom stereocenters. The van der Waals surface area contributed by atoms with Crippen molar-refractivity contribution >= 4 is 59.8 Å². The van der Waals surface area contributed by atoms with Crippen molar-refractivity contribution in [3.63, 3.8) is 0 Å². The lowest BCUT2D eigenvalue weighted by Crippen LogP contribution is -2.68. The van der Waals surface area contributed by atoms with Gasteiger partial charge in [0.05, 0.1) is 13.2 Å². The molecule has 2 aliphatic rings. The monoisotopic (exact) mass is 721 g/mol. The van der Waals surface area contributed by atoms with Gasteiger partial charge in [0.1, 0.15) is 142 Å². The second kappa shape index (κ2) is 21.5. The van der Waals surface area contributed by atoms with Gasteiger partial charge >= 0.3 is 0 Å². The molecule has 0 aromatic carbocycles. The van der Waals surface area contributed by atoms with Crippen LogP contribution >= 0.6 is 15.9 Å². The summed E-state index contributed by atoms with van der Waals surface area (Å²) in [7, 11) is 0. The maximum Gasteiger partial charge on any atom is 0.254 e. The number of ether oxygens (including phenoxy) is 10. The zero-order valence-corrected chi connectivity index (χ0v) is 24.9. The van der Waals surface area contributed by atoms with Crippen LogP contribution in [0.2, 0.25) is 0 Å².